The number of hydrogen-bond donors (Lipinski definition) is 1. The van der Waals surface area contributed by atoms with Crippen molar-refractivity contribution in [2.24, 2.45) is 5.41 Å². The first-order valence-electron chi connectivity index (χ1n) is 4.97. The fourth-order valence-electron chi connectivity index (χ4n) is 1.32. The van der Waals surface area contributed by atoms with E-state index in [2.05, 4.69) is 17.2 Å². The zero-order valence-electron chi connectivity index (χ0n) is 8.71. The molecule has 3 heteroatoms. The zero-order valence-corrected chi connectivity index (χ0v) is 8.71. The number of hydrogen-bond acceptors (Lipinski definition) is 3. The Morgan fingerprint density at radius 1 is 1.50 bits per heavy atom. The first-order chi connectivity index (χ1) is 6.72. The number of nitrogens with zero attached hydrogens (tertiary/aromatic N) is 1. The van der Waals surface area contributed by atoms with Crippen molar-refractivity contribution in [3.63, 3.8) is 0 Å². The molecule has 2 rings (SSSR count). The highest BCUT2D eigenvalue weighted by Gasteiger charge is 2.36. The Kier molecular flexibility index (Phi) is 2.32. The van der Waals surface area contributed by atoms with Crippen LogP contribution in [0.15, 0.2) is 18.2 Å². The quantitative estimate of drug-likeness (QED) is 0.794. The van der Waals surface area contributed by atoms with Crippen molar-refractivity contribution in [2.75, 3.05) is 19.0 Å². The molecule has 1 aromatic rings. The summed E-state index contributed by atoms with van der Waals surface area (Å²) in [6.07, 6.45) is 2.65. The molecule has 76 valence electrons. The molecule has 0 atom stereocenters. The van der Waals surface area contributed by atoms with E-state index >= 15 is 0 Å². The van der Waals surface area contributed by atoms with Gasteiger partial charge in [0, 0.05) is 12.6 Å². The van der Waals surface area contributed by atoms with Gasteiger partial charge in [-0.3, -0.25) is 0 Å². The molecule has 1 N–H and O–H groups in total. The van der Waals surface area contributed by atoms with E-state index in [1.807, 2.05) is 18.2 Å². The highest BCUT2D eigenvalue weighted by atomic mass is 16.5. The van der Waals surface area contributed by atoms with Crippen molar-refractivity contribution in [1.82, 2.24) is 4.98 Å². The fourth-order valence-corrected chi connectivity index (χ4v) is 1.32. The summed E-state index contributed by atoms with van der Waals surface area (Å²) in [7, 11) is 1.63. The van der Waals surface area contributed by atoms with Crippen LogP contribution in [-0.4, -0.2) is 18.6 Å². The molecule has 0 spiro atoms. The summed E-state index contributed by atoms with van der Waals surface area (Å²) in [6, 6.07) is 5.77. The van der Waals surface area contributed by atoms with Gasteiger partial charge in [-0.25, -0.2) is 0 Å². The van der Waals surface area contributed by atoms with Crippen LogP contribution in [0.5, 0.6) is 5.88 Å². The molecule has 3 nitrogen and oxygen atoms in total. The van der Waals surface area contributed by atoms with Crippen LogP contribution in [0, 0.1) is 5.41 Å². The van der Waals surface area contributed by atoms with E-state index in [9.17, 15) is 0 Å². The Bertz CT molecular complexity index is 321. The Hall–Kier alpha value is -1.25. The van der Waals surface area contributed by atoms with Crippen LogP contribution in [0.25, 0.3) is 0 Å². The van der Waals surface area contributed by atoms with Gasteiger partial charge in [0.05, 0.1) is 7.11 Å². The molecule has 1 aliphatic rings. The second kappa shape index (κ2) is 3.48. The van der Waals surface area contributed by atoms with Crippen molar-refractivity contribution < 1.29 is 4.74 Å². The number of aromatic nitrogens is 1. The number of methoxy groups -OCH3 is 1. The minimum absolute atomic E-state index is 0.505. The van der Waals surface area contributed by atoms with Gasteiger partial charge in [-0.1, -0.05) is 13.0 Å². The molecule has 1 aromatic heterocycles. The average Bonchev–Trinajstić information content (AvgIpc) is 2.95. The maximum atomic E-state index is 5.05. The summed E-state index contributed by atoms with van der Waals surface area (Å²) in [4.78, 5) is 4.29. The molecular formula is C11H16N2O. The third-order valence-electron chi connectivity index (χ3n) is 2.73. The minimum Gasteiger partial charge on any atom is -0.481 e. The smallest absolute Gasteiger partial charge is 0.214 e. The lowest BCUT2D eigenvalue weighted by molar-refractivity contribution is 0.398. The number of ether oxygens (including phenoxy) is 1. The molecule has 1 aliphatic carbocycles. The van der Waals surface area contributed by atoms with E-state index in [1.165, 1.54) is 12.8 Å². The predicted octanol–water partition coefficient (Wildman–Crippen LogP) is 2.30. The second-order valence-electron chi connectivity index (χ2n) is 4.23. The first kappa shape index (κ1) is 9.31. The molecule has 0 unspecified atom stereocenters. The van der Waals surface area contributed by atoms with E-state index in [4.69, 9.17) is 4.74 Å². The molecule has 1 heterocycles. The molecule has 14 heavy (non-hydrogen) atoms. The van der Waals surface area contributed by atoms with E-state index < -0.39 is 0 Å². The van der Waals surface area contributed by atoms with Crippen LogP contribution in [-0.2, 0) is 0 Å². The minimum atomic E-state index is 0.505. The van der Waals surface area contributed by atoms with Crippen LogP contribution in [0.4, 0.5) is 5.82 Å². The molecule has 0 saturated heterocycles. The summed E-state index contributed by atoms with van der Waals surface area (Å²) in [5.41, 5.74) is 0.505. The van der Waals surface area contributed by atoms with Crippen molar-refractivity contribution in [3.05, 3.63) is 18.2 Å². The van der Waals surface area contributed by atoms with Gasteiger partial charge in [0.15, 0.2) is 0 Å². The van der Waals surface area contributed by atoms with Crippen molar-refractivity contribution in [2.45, 2.75) is 19.8 Å². The second-order valence-corrected chi connectivity index (χ2v) is 4.23. The van der Waals surface area contributed by atoms with Gasteiger partial charge in [0.25, 0.3) is 0 Å². The summed E-state index contributed by atoms with van der Waals surface area (Å²) in [5.74, 6) is 1.56. The largest absolute Gasteiger partial charge is 0.481 e. The molecule has 0 aromatic carbocycles. The summed E-state index contributed by atoms with van der Waals surface area (Å²) in [6.45, 7) is 3.30. The molecular weight excluding hydrogens is 176 g/mol. The van der Waals surface area contributed by atoms with E-state index in [0.717, 1.165) is 12.4 Å². The third kappa shape index (κ3) is 2.16. The number of nitrogens with one attached hydrogen (secondary N) is 1. The standard InChI is InChI=1S/C11H16N2O/c1-11(6-7-11)8-12-9-4-3-5-10(13-9)14-2/h3-5H,6-8H2,1-2H3,(H,12,13). The monoisotopic (exact) mass is 192 g/mol. The normalized spacial score (nSPS) is 17.6. The van der Waals surface area contributed by atoms with Gasteiger partial charge in [-0.05, 0) is 24.3 Å². The number of rotatable bonds is 4. The van der Waals surface area contributed by atoms with Crippen molar-refractivity contribution >= 4 is 5.82 Å². The van der Waals surface area contributed by atoms with Gasteiger partial charge in [-0.2, -0.15) is 4.98 Å². The topological polar surface area (TPSA) is 34.1 Å². The van der Waals surface area contributed by atoms with E-state index in [1.54, 1.807) is 7.11 Å². The number of anilines is 1. The summed E-state index contributed by atoms with van der Waals surface area (Å²) < 4.78 is 5.05. The summed E-state index contributed by atoms with van der Waals surface area (Å²) >= 11 is 0. The number of pyridine rings is 1. The fraction of sp³-hybridized carbons (Fsp3) is 0.545. The van der Waals surface area contributed by atoms with Gasteiger partial charge in [-0.15, -0.1) is 0 Å². The van der Waals surface area contributed by atoms with Crippen molar-refractivity contribution in [3.8, 4) is 5.88 Å². The third-order valence-corrected chi connectivity index (χ3v) is 2.73. The maximum Gasteiger partial charge on any atom is 0.214 e. The van der Waals surface area contributed by atoms with Gasteiger partial charge >= 0.3 is 0 Å². The Morgan fingerprint density at radius 3 is 2.93 bits per heavy atom. The first-order valence-corrected chi connectivity index (χ1v) is 4.97. The predicted molar refractivity (Wildman–Crippen MR) is 56.6 cm³/mol. The van der Waals surface area contributed by atoms with Crippen LogP contribution in [0.3, 0.4) is 0 Å². The van der Waals surface area contributed by atoms with E-state index in [0.29, 0.717) is 11.3 Å². The highest BCUT2D eigenvalue weighted by molar-refractivity contribution is 5.37. The van der Waals surface area contributed by atoms with E-state index in [-0.39, 0.29) is 0 Å². The molecule has 1 saturated carbocycles. The molecule has 0 bridgehead atoms. The van der Waals surface area contributed by atoms with Gasteiger partial charge in [0.2, 0.25) is 5.88 Å². The SMILES string of the molecule is COc1cccc(NCC2(C)CC2)n1. The van der Waals surface area contributed by atoms with Crippen LogP contribution in [0.2, 0.25) is 0 Å². The van der Waals surface area contributed by atoms with Gasteiger partial charge in [0.1, 0.15) is 5.82 Å². The molecule has 1 fully saturated rings. The Labute approximate surface area is 84.5 Å². The highest BCUT2D eigenvalue weighted by Crippen LogP contribution is 2.44. The van der Waals surface area contributed by atoms with Crippen LogP contribution < -0.4 is 10.1 Å². The van der Waals surface area contributed by atoms with Gasteiger partial charge < -0.3 is 10.1 Å². The average molecular weight is 192 g/mol. The lowest BCUT2D eigenvalue weighted by atomic mass is 10.1. The Morgan fingerprint density at radius 2 is 2.29 bits per heavy atom. The van der Waals surface area contributed by atoms with Crippen LogP contribution in [0.1, 0.15) is 19.8 Å². The van der Waals surface area contributed by atoms with Crippen molar-refractivity contribution in [1.29, 1.82) is 0 Å². The lowest BCUT2D eigenvalue weighted by Crippen LogP contribution is -2.12. The van der Waals surface area contributed by atoms with Crippen LogP contribution >= 0.6 is 0 Å². The Balaban J connectivity index is 1.94. The molecule has 0 amide bonds. The zero-order chi connectivity index (χ0) is 10.0. The lowest BCUT2D eigenvalue weighted by Gasteiger charge is -2.10. The molecule has 0 radical (unpaired) electrons. The maximum absolute atomic E-state index is 5.05. The molecule has 0 aliphatic heterocycles. The summed E-state index contributed by atoms with van der Waals surface area (Å²) in [5, 5.41) is 3.33.